The Morgan fingerprint density at radius 3 is 2.85 bits per heavy atom. The minimum absolute atomic E-state index is 0.0299. The quantitative estimate of drug-likeness (QED) is 0.629. The third-order valence-corrected chi connectivity index (χ3v) is 3.46. The minimum atomic E-state index is -0.442. The summed E-state index contributed by atoms with van der Waals surface area (Å²) >= 11 is 0. The van der Waals surface area contributed by atoms with E-state index in [0.717, 1.165) is 25.8 Å². The predicted molar refractivity (Wildman–Crippen MR) is 77.3 cm³/mol. The van der Waals surface area contributed by atoms with Gasteiger partial charge < -0.3 is 5.32 Å². The maximum absolute atomic E-state index is 12.1. The van der Waals surface area contributed by atoms with Gasteiger partial charge in [-0.1, -0.05) is 6.42 Å². The van der Waals surface area contributed by atoms with Crippen molar-refractivity contribution in [3.05, 3.63) is 33.9 Å². The molecule has 6 nitrogen and oxygen atoms in total. The summed E-state index contributed by atoms with van der Waals surface area (Å²) in [5.41, 5.74) is 0.852. The number of likely N-dealkylation sites (N-methyl/N-ethyl adjacent to an activating group) is 1. The Hall–Kier alpha value is -1.95. The average molecular weight is 277 g/mol. The van der Waals surface area contributed by atoms with Crippen LogP contribution in [0.25, 0.3) is 0 Å². The van der Waals surface area contributed by atoms with Gasteiger partial charge in [0.15, 0.2) is 5.78 Å². The number of nitrogens with one attached hydrogen (secondary N) is 1. The highest BCUT2D eigenvalue weighted by atomic mass is 16.6. The Bertz CT molecular complexity index is 516. The number of carbonyl (C=O) groups is 1. The first kappa shape index (κ1) is 14.5. The van der Waals surface area contributed by atoms with Crippen LogP contribution in [0.3, 0.4) is 0 Å². The van der Waals surface area contributed by atoms with Gasteiger partial charge in [-0.15, -0.1) is 0 Å². The summed E-state index contributed by atoms with van der Waals surface area (Å²) in [5.74, 6) is -0.0820. The second-order valence-corrected chi connectivity index (χ2v) is 5.14. The van der Waals surface area contributed by atoms with Gasteiger partial charge in [-0.3, -0.25) is 19.8 Å². The molecule has 0 amide bonds. The summed E-state index contributed by atoms with van der Waals surface area (Å²) < 4.78 is 0. The summed E-state index contributed by atoms with van der Waals surface area (Å²) in [6, 6.07) is 4.66. The van der Waals surface area contributed by atoms with Crippen molar-refractivity contribution in [1.29, 1.82) is 0 Å². The van der Waals surface area contributed by atoms with Crippen LogP contribution in [0.5, 0.6) is 0 Å². The molecule has 0 aromatic heterocycles. The van der Waals surface area contributed by atoms with Gasteiger partial charge in [0.05, 0.1) is 11.5 Å². The molecule has 0 radical (unpaired) electrons. The number of fused-ring (bicyclic) bond motifs is 10. The molecule has 3 rings (SSSR count). The van der Waals surface area contributed by atoms with Gasteiger partial charge in [0, 0.05) is 18.2 Å². The molecular formula is C14H19N3O3. The maximum Gasteiger partial charge on any atom is 0.293 e. The fourth-order valence-electron chi connectivity index (χ4n) is 2.33. The van der Waals surface area contributed by atoms with Gasteiger partial charge in [-0.2, -0.15) is 0 Å². The first-order chi connectivity index (χ1) is 9.58. The summed E-state index contributed by atoms with van der Waals surface area (Å²) in [6.45, 7) is 1.87. The average Bonchev–Trinajstić information content (AvgIpc) is 2.43. The zero-order valence-electron chi connectivity index (χ0n) is 11.6. The Labute approximate surface area is 117 Å². The molecule has 0 unspecified atom stereocenters. The second kappa shape index (κ2) is 6.47. The number of nitro groups is 1. The van der Waals surface area contributed by atoms with E-state index in [-0.39, 0.29) is 11.5 Å². The fourth-order valence-corrected chi connectivity index (χ4v) is 2.33. The monoisotopic (exact) mass is 277 g/mol. The number of rotatable bonds is 1. The first-order valence-corrected chi connectivity index (χ1v) is 6.82. The Morgan fingerprint density at radius 2 is 2.10 bits per heavy atom. The van der Waals surface area contributed by atoms with Crippen molar-refractivity contribution in [2.45, 2.75) is 19.3 Å². The molecule has 108 valence electrons. The second-order valence-electron chi connectivity index (χ2n) is 5.14. The van der Waals surface area contributed by atoms with E-state index in [1.54, 1.807) is 12.1 Å². The first-order valence-electron chi connectivity index (χ1n) is 6.82. The number of anilines is 1. The van der Waals surface area contributed by atoms with Crippen molar-refractivity contribution in [2.75, 3.05) is 32.0 Å². The number of benzene rings is 1. The van der Waals surface area contributed by atoms with Crippen LogP contribution in [0.2, 0.25) is 0 Å². The van der Waals surface area contributed by atoms with Crippen molar-refractivity contribution in [3.8, 4) is 0 Å². The van der Waals surface area contributed by atoms with E-state index in [2.05, 4.69) is 5.32 Å². The largest absolute Gasteiger partial charge is 0.379 e. The van der Waals surface area contributed by atoms with Crippen molar-refractivity contribution in [2.24, 2.45) is 0 Å². The lowest BCUT2D eigenvalue weighted by molar-refractivity contribution is -0.384. The molecule has 2 heterocycles. The number of ketones is 1. The van der Waals surface area contributed by atoms with Crippen LogP contribution in [0.15, 0.2) is 18.2 Å². The third kappa shape index (κ3) is 3.54. The smallest absolute Gasteiger partial charge is 0.293 e. The van der Waals surface area contributed by atoms with Crippen LogP contribution in [0, 0.1) is 10.1 Å². The van der Waals surface area contributed by atoms with E-state index in [1.165, 1.54) is 6.07 Å². The van der Waals surface area contributed by atoms with Gasteiger partial charge >= 0.3 is 0 Å². The topological polar surface area (TPSA) is 75.5 Å². The Morgan fingerprint density at radius 1 is 1.30 bits per heavy atom. The lowest BCUT2D eigenvalue weighted by atomic mass is 10.1. The standard InChI is InChI=1S/C14H19N3O3/c1-16-8-4-2-3-7-15-12-6-5-11(14(18)10-16)9-13(12)17(19)20/h5-6,9,15H,2-4,7-8,10H2,1H3. The van der Waals surface area contributed by atoms with Gasteiger partial charge in [0.2, 0.25) is 0 Å². The molecule has 2 aliphatic rings. The summed E-state index contributed by atoms with van der Waals surface area (Å²) in [6.07, 6.45) is 3.02. The van der Waals surface area contributed by atoms with Gasteiger partial charge in [0.25, 0.3) is 5.69 Å². The highest BCUT2D eigenvalue weighted by molar-refractivity contribution is 5.98. The molecule has 0 atom stereocenters. The molecule has 20 heavy (non-hydrogen) atoms. The molecule has 0 saturated carbocycles. The van der Waals surface area contributed by atoms with E-state index in [9.17, 15) is 14.9 Å². The number of hydrogen-bond acceptors (Lipinski definition) is 5. The molecule has 1 aromatic rings. The number of nitrogens with zero attached hydrogens (tertiary/aromatic N) is 2. The van der Waals surface area contributed by atoms with Crippen LogP contribution in [-0.2, 0) is 0 Å². The third-order valence-electron chi connectivity index (χ3n) is 3.46. The summed E-state index contributed by atoms with van der Waals surface area (Å²) in [4.78, 5) is 24.8. The maximum atomic E-state index is 12.1. The van der Waals surface area contributed by atoms with Crippen LogP contribution < -0.4 is 5.32 Å². The fraction of sp³-hybridized carbons (Fsp3) is 0.500. The van der Waals surface area contributed by atoms with Crippen LogP contribution in [-0.4, -0.2) is 42.3 Å². The van der Waals surface area contributed by atoms with Crippen LogP contribution in [0.4, 0.5) is 11.4 Å². The van der Waals surface area contributed by atoms with Crippen molar-refractivity contribution in [1.82, 2.24) is 4.90 Å². The lowest BCUT2D eigenvalue weighted by Crippen LogP contribution is -2.27. The van der Waals surface area contributed by atoms with E-state index in [0.29, 0.717) is 24.3 Å². The molecule has 0 spiro atoms. The number of nitro benzene ring substituents is 1. The molecular weight excluding hydrogens is 258 g/mol. The molecule has 6 heteroatoms. The molecule has 2 aliphatic heterocycles. The zero-order chi connectivity index (χ0) is 14.5. The normalized spacial score (nSPS) is 17.8. The minimum Gasteiger partial charge on any atom is -0.379 e. The summed E-state index contributed by atoms with van der Waals surface area (Å²) in [5, 5.41) is 14.2. The zero-order valence-corrected chi connectivity index (χ0v) is 11.6. The van der Waals surface area contributed by atoms with E-state index in [1.807, 2.05) is 11.9 Å². The van der Waals surface area contributed by atoms with E-state index in [4.69, 9.17) is 0 Å². The molecule has 1 aromatic carbocycles. The highest BCUT2D eigenvalue weighted by Gasteiger charge is 2.18. The van der Waals surface area contributed by atoms with Gasteiger partial charge in [0.1, 0.15) is 5.69 Å². The summed E-state index contributed by atoms with van der Waals surface area (Å²) in [7, 11) is 1.90. The number of Topliss-reactive ketones (excluding diaryl/α,β-unsaturated/α-hetero) is 1. The predicted octanol–water partition coefficient (Wildman–Crippen LogP) is 2.31. The Balaban J connectivity index is 2.32. The molecule has 1 N–H and O–H groups in total. The SMILES string of the molecule is CN1CCCCCNc2ccc(cc2[N+](=O)[O-])C(=O)C1. The van der Waals surface area contributed by atoms with Crippen molar-refractivity contribution < 1.29 is 9.72 Å². The molecule has 0 saturated heterocycles. The van der Waals surface area contributed by atoms with Gasteiger partial charge in [-0.05, 0) is 38.6 Å². The van der Waals surface area contributed by atoms with Crippen molar-refractivity contribution in [3.63, 3.8) is 0 Å². The molecule has 0 aliphatic carbocycles. The van der Waals surface area contributed by atoms with E-state index < -0.39 is 4.92 Å². The van der Waals surface area contributed by atoms with E-state index >= 15 is 0 Å². The van der Waals surface area contributed by atoms with Crippen molar-refractivity contribution >= 4 is 17.2 Å². The lowest BCUT2D eigenvalue weighted by Gasteiger charge is -2.15. The highest BCUT2D eigenvalue weighted by Crippen LogP contribution is 2.26. The molecule has 0 fully saturated rings. The molecule has 2 bridgehead atoms. The van der Waals surface area contributed by atoms with Gasteiger partial charge in [-0.25, -0.2) is 0 Å². The van der Waals surface area contributed by atoms with Crippen LogP contribution in [0.1, 0.15) is 29.6 Å². The number of carbonyl (C=O) groups excluding carboxylic acids is 1. The van der Waals surface area contributed by atoms with Crippen LogP contribution >= 0.6 is 0 Å². The Kier molecular flexibility index (Phi) is 4.68. The number of hydrogen-bond donors (Lipinski definition) is 1.